The largest absolute Gasteiger partial charge is 0.351 e. The molecule has 1 aromatic heterocycles. The number of hydrogen-bond acceptors (Lipinski definition) is 5. The summed E-state index contributed by atoms with van der Waals surface area (Å²) in [5.41, 5.74) is 5.70. The van der Waals surface area contributed by atoms with Crippen molar-refractivity contribution in [3.63, 3.8) is 0 Å². The van der Waals surface area contributed by atoms with Gasteiger partial charge in [-0.3, -0.25) is 9.35 Å². The minimum atomic E-state index is -4.03. The zero-order chi connectivity index (χ0) is 30.1. The fraction of sp³-hybridized carbons (Fsp3) is 0.438. The molecule has 7 nitrogen and oxygen atoms in total. The molecule has 0 bridgehead atoms. The fourth-order valence-electron chi connectivity index (χ4n) is 6.19. The third-order valence-corrected chi connectivity index (χ3v) is 11.3. The van der Waals surface area contributed by atoms with Crippen molar-refractivity contribution in [3.05, 3.63) is 69.2 Å². The standard InChI is InChI=1S/C32H39N3O4S3/c1-5-14-33-32(36)26-9-6-7-16-35(26)27-19-23(3)11-13-29(27)41-31(35)21-24(4)20-30-34(15-8-17-42(37,38)39)25-18-22(2)10-12-28(25)40-30/h10-13,18-21,26H,5-9,14-17H2,1-4H3/p+2. The number of allylic oxidation sites excluding steroid dienone is 2. The van der Waals surface area contributed by atoms with Crippen LogP contribution in [0.3, 0.4) is 0 Å². The first-order chi connectivity index (χ1) is 20.0. The quantitative estimate of drug-likeness (QED) is 0.160. The molecule has 0 saturated carbocycles. The van der Waals surface area contributed by atoms with Crippen LogP contribution < -0.4 is 14.4 Å². The van der Waals surface area contributed by atoms with Crippen LogP contribution in [0.4, 0.5) is 5.69 Å². The van der Waals surface area contributed by atoms with Gasteiger partial charge in [-0.1, -0.05) is 30.4 Å². The van der Waals surface area contributed by atoms with E-state index in [1.54, 1.807) is 23.1 Å². The summed E-state index contributed by atoms with van der Waals surface area (Å²) in [4.78, 5) is 14.9. The third kappa shape index (κ3) is 6.38. The summed E-state index contributed by atoms with van der Waals surface area (Å²) in [7, 11) is -4.03. The number of benzene rings is 2. The number of carbonyl (C=O) groups is 1. The zero-order valence-corrected chi connectivity index (χ0v) is 27.3. The SMILES string of the molecule is CCCNC(=O)C1CCCC[N+]12C(=CC(C)=Cc1sc3ccc(C)cc3[n+]1CCCS(=O)(=O)O)Sc1ccc(C)cc12. The summed E-state index contributed by atoms with van der Waals surface area (Å²) in [5, 5.41) is 5.40. The lowest BCUT2D eigenvalue weighted by Gasteiger charge is -2.43. The number of nitrogens with one attached hydrogen (secondary N) is 1. The van der Waals surface area contributed by atoms with Crippen molar-refractivity contribution in [2.75, 3.05) is 18.8 Å². The Balaban J connectivity index is 1.58. The highest BCUT2D eigenvalue weighted by atomic mass is 32.2. The van der Waals surface area contributed by atoms with Gasteiger partial charge in [-0.25, -0.2) is 4.48 Å². The predicted molar refractivity (Wildman–Crippen MR) is 174 cm³/mol. The monoisotopic (exact) mass is 627 g/mol. The number of hydrogen-bond donors (Lipinski definition) is 2. The second-order valence-electron chi connectivity index (χ2n) is 11.5. The van der Waals surface area contributed by atoms with Crippen molar-refractivity contribution < 1.29 is 22.3 Å². The molecule has 2 aliphatic rings. The number of carbonyl (C=O) groups excluding carboxylic acids is 1. The molecule has 10 heteroatoms. The Morgan fingerprint density at radius 1 is 1.17 bits per heavy atom. The van der Waals surface area contributed by atoms with Crippen molar-refractivity contribution in [2.45, 2.75) is 77.3 Å². The van der Waals surface area contributed by atoms with Gasteiger partial charge in [0.1, 0.15) is 4.70 Å². The predicted octanol–water partition coefficient (Wildman–Crippen LogP) is 6.52. The topological polar surface area (TPSA) is 87.4 Å². The Labute approximate surface area is 257 Å². The van der Waals surface area contributed by atoms with E-state index >= 15 is 0 Å². The minimum Gasteiger partial charge on any atom is -0.351 e. The highest BCUT2D eigenvalue weighted by Crippen LogP contribution is 2.55. The maximum Gasteiger partial charge on any atom is 0.279 e. The zero-order valence-electron chi connectivity index (χ0n) is 24.9. The highest BCUT2D eigenvalue weighted by molar-refractivity contribution is 8.03. The Morgan fingerprint density at radius 2 is 1.93 bits per heavy atom. The van der Waals surface area contributed by atoms with Crippen molar-refractivity contribution in [3.8, 4) is 0 Å². The number of quaternary nitrogens is 1. The summed E-state index contributed by atoms with van der Waals surface area (Å²) in [6.07, 6.45) is 8.62. The van der Waals surface area contributed by atoms with Gasteiger partial charge in [0.05, 0.1) is 17.2 Å². The van der Waals surface area contributed by atoms with Gasteiger partial charge in [-0.15, -0.1) is 0 Å². The van der Waals surface area contributed by atoms with Crippen molar-refractivity contribution in [1.82, 2.24) is 9.80 Å². The van der Waals surface area contributed by atoms with E-state index in [2.05, 4.69) is 86.1 Å². The molecule has 1 amide bonds. The minimum absolute atomic E-state index is 0.135. The van der Waals surface area contributed by atoms with E-state index in [-0.39, 0.29) is 17.7 Å². The van der Waals surface area contributed by atoms with Gasteiger partial charge >= 0.3 is 0 Å². The smallest absolute Gasteiger partial charge is 0.279 e. The highest BCUT2D eigenvalue weighted by Gasteiger charge is 2.54. The average Bonchev–Trinajstić information content (AvgIpc) is 3.41. The number of thioether (sulfide) groups is 1. The van der Waals surface area contributed by atoms with E-state index in [1.807, 2.05) is 0 Å². The van der Waals surface area contributed by atoms with Gasteiger partial charge in [-0.05, 0) is 80.6 Å². The fourth-order valence-corrected chi connectivity index (χ4v) is 9.28. The van der Waals surface area contributed by atoms with Gasteiger partial charge in [0, 0.05) is 43.7 Å². The molecule has 2 aromatic carbocycles. The molecule has 3 heterocycles. The molecule has 0 aliphatic carbocycles. The summed E-state index contributed by atoms with van der Waals surface area (Å²) in [5.74, 6) is -0.138. The lowest BCUT2D eigenvalue weighted by Crippen LogP contribution is -2.62. The Bertz CT molecular complexity index is 1680. The normalized spacial score (nSPS) is 21.8. The Morgan fingerprint density at radius 3 is 2.69 bits per heavy atom. The Kier molecular flexibility index (Phi) is 9.30. The summed E-state index contributed by atoms with van der Waals surface area (Å²) in [6, 6.07) is 12.8. The molecule has 2 N–H and O–H groups in total. The van der Waals surface area contributed by atoms with Gasteiger partial charge in [0.2, 0.25) is 5.52 Å². The molecule has 2 unspecified atom stereocenters. The maximum absolute atomic E-state index is 13.6. The van der Waals surface area contributed by atoms with Crippen LogP contribution in [0.5, 0.6) is 0 Å². The molecule has 3 aromatic rings. The van der Waals surface area contributed by atoms with Crippen LogP contribution in [0.2, 0.25) is 0 Å². The van der Waals surface area contributed by atoms with Crippen LogP contribution in [0, 0.1) is 13.8 Å². The van der Waals surface area contributed by atoms with Crippen molar-refractivity contribution in [2.24, 2.45) is 0 Å². The third-order valence-electron chi connectivity index (χ3n) is 8.15. The van der Waals surface area contributed by atoms with E-state index in [9.17, 15) is 17.8 Å². The summed E-state index contributed by atoms with van der Waals surface area (Å²) in [6.45, 7) is 10.4. The molecule has 2 aliphatic heterocycles. The number of amides is 1. The number of aromatic nitrogens is 1. The van der Waals surface area contributed by atoms with E-state index < -0.39 is 10.1 Å². The lowest BCUT2D eigenvalue weighted by molar-refractivity contribution is -0.668. The van der Waals surface area contributed by atoms with Crippen LogP contribution in [0.15, 0.2) is 58.0 Å². The molecular weight excluding hydrogens is 587 g/mol. The second kappa shape index (κ2) is 12.6. The number of piperidine rings is 1. The second-order valence-corrected chi connectivity index (χ2v) is 15.2. The van der Waals surface area contributed by atoms with E-state index in [0.717, 1.165) is 58.6 Å². The molecule has 1 spiro atoms. The summed E-state index contributed by atoms with van der Waals surface area (Å²) < 4.78 is 36.0. The van der Waals surface area contributed by atoms with Gasteiger partial charge in [0.15, 0.2) is 23.3 Å². The van der Waals surface area contributed by atoms with E-state index in [1.165, 1.54) is 21.2 Å². The van der Waals surface area contributed by atoms with Crippen molar-refractivity contribution >= 4 is 61.1 Å². The number of aryl methyl sites for hydroxylation is 3. The van der Waals surface area contributed by atoms with Crippen LogP contribution in [0.1, 0.15) is 62.1 Å². The average molecular weight is 628 g/mol. The number of rotatable bonds is 9. The number of thiazole rings is 1. The Hall–Kier alpha value is -2.50. The van der Waals surface area contributed by atoms with Crippen molar-refractivity contribution in [1.29, 1.82) is 0 Å². The summed E-state index contributed by atoms with van der Waals surface area (Å²) >= 11 is 3.45. The van der Waals surface area contributed by atoms with Gasteiger partial charge in [-0.2, -0.15) is 13.0 Å². The number of fused-ring (bicyclic) bond motifs is 3. The molecule has 224 valence electrons. The van der Waals surface area contributed by atoms with Gasteiger partial charge < -0.3 is 5.32 Å². The molecule has 1 fully saturated rings. The first kappa shape index (κ1) is 30.9. The molecule has 0 radical (unpaired) electrons. The molecule has 42 heavy (non-hydrogen) atoms. The molecular formula is C32H41N3O4S3+2. The molecule has 1 saturated heterocycles. The molecule has 5 rings (SSSR count). The first-order valence-electron chi connectivity index (χ1n) is 14.7. The maximum atomic E-state index is 13.6. The molecule has 2 atom stereocenters. The van der Waals surface area contributed by atoms with Gasteiger partial charge in [0.25, 0.3) is 21.0 Å². The van der Waals surface area contributed by atoms with E-state index in [0.29, 0.717) is 24.0 Å². The van der Waals surface area contributed by atoms with Crippen LogP contribution >= 0.6 is 23.1 Å². The van der Waals surface area contributed by atoms with Crippen LogP contribution in [-0.2, 0) is 21.5 Å². The lowest BCUT2D eigenvalue weighted by atomic mass is 9.95. The van der Waals surface area contributed by atoms with E-state index in [4.69, 9.17) is 0 Å². The van der Waals surface area contributed by atoms with Crippen LogP contribution in [0.25, 0.3) is 16.3 Å². The van der Waals surface area contributed by atoms with Crippen LogP contribution in [-0.4, -0.2) is 43.8 Å². The first-order valence-corrected chi connectivity index (χ1v) is 18.0. The number of nitrogens with zero attached hydrogens (tertiary/aromatic N) is 2.